The summed E-state index contributed by atoms with van der Waals surface area (Å²) >= 11 is 0. The summed E-state index contributed by atoms with van der Waals surface area (Å²) in [6.07, 6.45) is 0.949. The highest BCUT2D eigenvalue weighted by Crippen LogP contribution is 2.43. The number of hydrogen-bond acceptors (Lipinski definition) is 2. The van der Waals surface area contributed by atoms with Crippen LogP contribution in [0, 0.1) is 17.6 Å². The van der Waals surface area contributed by atoms with E-state index in [1.165, 1.54) is 32.0 Å². The van der Waals surface area contributed by atoms with Crippen LogP contribution in [0.2, 0.25) is 0 Å². The normalized spacial score (nSPS) is 20.0. The summed E-state index contributed by atoms with van der Waals surface area (Å²) in [6, 6.07) is 4.55. The Morgan fingerprint density at radius 2 is 1.93 bits per heavy atom. The molecule has 0 saturated heterocycles. The van der Waals surface area contributed by atoms with E-state index < -0.39 is 29.3 Å². The van der Waals surface area contributed by atoms with E-state index in [-0.39, 0.29) is 18.2 Å². The number of pyridine rings is 1. The zero-order valence-electron chi connectivity index (χ0n) is 17.5. The molecule has 0 saturated carbocycles. The van der Waals surface area contributed by atoms with Crippen LogP contribution in [0.15, 0.2) is 24.3 Å². The van der Waals surface area contributed by atoms with Crippen LogP contribution in [0.4, 0.5) is 17.6 Å². The molecule has 0 amide bonds. The van der Waals surface area contributed by atoms with Gasteiger partial charge in [0.2, 0.25) is 5.95 Å². The van der Waals surface area contributed by atoms with Crippen molar-refractivity contribution in [3.63, 3.8) is 0 Å². The van der Waals surface area contributed by atoms with Crippen LogP contribution in [0.1, 0.15) is 56.3 Å². The predicted octanol–water partition coefficient (Wildman–Crippen LogP) is 5.63. The van der Waals surface area contributed by atoms with Gasteiger partial charge >= 0.3 is 0 Å². The molecule has 1 aliphatic heterocycles. The number of benzene rings is 1. The third-order valence-corrected chi connectivity index (χ3v) is 5.78. The molecule has 3 nitrogen and oxygen atoms in total. The summed E-state index contributed by atoms with van der Waals surface area (Å²) in [7, 11) is 0. The second-order valence-corrected chi connectivity index (χ2v) is 8.71. The van der Waals surface area contributed by atoms with Crippen LogP contribution in [-0.4, -0.2) is 33.1 Å². The molecule has 2 unspecified atom stereocenters. The van der Waals surface area contributed by atoms with Crippen molar-refractivity contribution in [1.82, 2.24) is 14.9 Å². The van der Waals surface area contributed by atoms with Crippen molar-refractivity contribution < 1.29 is 17.6 Å². The molecule has 0 aliphatic carbocycles. The lowest BCUT2D eigenvalue weighted by Gasteiger charge is -2.42. The first-order valence-corrected chi connectivity index (χ1v) is 10.2. The van der Waals surface area contributed by atoms with Gasteiger partial charge in [0.15, 0.2) is 0 Å². The summed E-state index contributed by atoms with van der Waals surface area (Å²) in [5.41, 5.74) is 0.504. The van der Waals surface area contributed by atoms with Gasteiger partial charge < -0.3 is 4.98 Å². The molecule has 0 fully saturated rings. The maximum Gasteiger partial charge on any atom is 0.221 e. The Kier molecular flexibility index (Phi) is 5.12. The minimum atomic E-state index is -1.58. The van der Waals surface area contributed by atoms with Crippen molar-refractivity contribution in [2.75, 3.05) is 6.54 Å². The number of hydrogen-bond donors (Lipinski definition) is 1. The maximum absolute atomic E-state index is 15.2. The Morgan fingerprint density at radius 1 is 1.20 bits per heavy atom. The molecule has 0 spiro atoms. The number of nitrogens with zero attached hydrogens (tertiary/aromatic N) is 2. The van der Waals surface area contributed by atoms with Gasteiger partial charge in [-0.2, -0.15) is 4.39 Å². The standard InChI is InChI=1S/C23H25F4N3/c1-5-14-10-17(25)19(22(26)28-14)21-20-16(8-12(2)30(21)11-23(3,4)27)15-7-6-13(24)9-18(15)29-20/h6-7,9-10,12,21,29H,5,8,11H2,1-4H3. The summed E-state index contributed by atoms with van der Waals surface area (Å²) in [6.45, 7) is 6.55. The van der Waals surface area contributed by atoms with Gasteiger partial charge in [-0.3, -0.25) is 4.90 Å². The summed E-state index contributed by atoms with van der Waals surface area (Å²) in [4.78, 5) is 8.85. The van der Waals surface area contributed by atoms with E-state index in [2.05, 4.69) is 9.97 Å². The molecule has 160 valence electrons. The Hall–Kier alpha value is -2.41. The molecule has 2 atom stereocenters. The van der Waals surface area contributed by atoms with Gasteiger partial charge in [-0.1, -0.05) is 6.92 Å². The van der Waals surface area contributed by atoms with Gasteiger partial charge in [0.1, 0.15) is 17.3 Å². The second kappa shape index (κ2) is 7.38. The molecule has 1 N–H and O–H groups in total. The van der Waals surface area contributed by atoms with Crippen molar-refractivity contribution in [2.45, 2.75) is 58.3 Å². The van der Waals surface area contributed by atoms with Gasteiger partial charge in [-0.25, -0.2) is 18.2 Å². The minimum Gasteiger partial charge on any atom is -0.356 e. The first-order valence-electron chi connectivity index (χ1n) is 10.2. The van der Waals surface area contributed by atoms with E-state index >= 15 is 8.78 Å². The monoisotopic (exact) mass is 419 g/mol. The quantitative estimate of drug-likeness (QED) is 0.439. The molecule has 0 radical (unpaired) electrons. The second-order valence-electron chi connectivity index (χ2n) is 8.71. The highest BCUT2D eigenvalue weighted by Gasteiger charge is 2.41. The van der Waals surface area contributed by atoms with Crippen LogP contribution < -0.4 is 0 Å². The summed E-state index contributed by atoms with van der Waals surface area (Å²) < 4.78 is 58.7. The Labute approximate surface area is 173 Å². The van der Waals surface area contributed by atoms with Gasteiger partial charge in [-0.15, -0.1) is 0 Å². The fraction of sp³-hybridized carbons (Fsp3) is 0.435. The molecule has 2 aromatic heterocycles. The van der Waals surface area contributed by atoms with E-state index in [1.807, 2.05) is 6.92 Å². The Morgan fingerprint density at radius 3 is 2.57 bits per heavy atom. The molecular formula is C23H25F4N3. The highest BCUT2D eigenvalue weighted by molar-refractivity contribution is 5.85. The number of halogens is 4. The number of aromatic amines is 1. The van der Waals surface area contributed by atoms with E-state index in [4.69, 9.17) is 0 Å². The third-order valence-electron chi connectivity index (χ3n) is 5.78. The fourth-order valence-electron chi connectivity index (χ4n) is 4.49. The highest BCUT2D eigenvalue weighted by atomic mass is 19.1. The maximum atomic E-state index is 15.2. The van der Waals surface area contributed by atoms with E-state index in [9.17, 15) is 8.78 Å². The SMILES string of the molecule is CCc1cc(F)c(C2c3[nH]c4cc(F)ccc4c3CC(C)N2CC(C)(C)F)c(F)n1. The zero-order chi connectivity index (χ0) is 21.8. The summed E-state index contributed by atoms with van der Waals surface area (Å²) in [5.74, 6) is -2.02. The molecular weight excluding hydrogens is 394 g/mol. The van der Waals surface area contributed by atoms with Crippen molar-refractivity contribution in [3.05, 3.63) is 64.4 Å². The first kappa shape index (κ1) is 20.8. The van der Waals surface area contributed by atoms with Crippen molar-refractivity contribution in [2.24, 2.45) is 0 Å². The van der Waals surface area contributed by atoms with E-state index in [0.29, 0.717) is 29.7 Å². The average Bonchev–Trinajstić information content (AvgIpc) is 2.99. The Balaban J connectivity index is 1.97. The van der Waals surface area contributed by atoms with Crippen LogP contribution in [0.5, 0.6) is 0 Å². The van der Waals surface area contributed by atoms with Crippen LogP contribution in [0.3, 0.4) is 0 Å². The van der Waals surface area contributed by atoms with Crippen LogP contribution >= 0.6 is 0 Å². The van der Waals surface area contributed by atoms with Gasteiger partial charge in [0.25, 0.3) is 0 Å². The topological polar surface area (TPSA) is 31.9 Å². The first-order chi connectivity index (χ1) is 14.1. The molecule has 0 bridgehead atoms. The van der Waals surface area contributed by atoms with Crippen molar-refractivity contribution in [3.8, 4) is 0 Å². The van der Waals surface area contributed by atoms with Gasteiger partial charge in [-0.05, 0) is 63.4 Å². The zero-order valence-corrected chi connectivity index (χ0v) is 17.5. The molecule has 30 heavy (non-hydrogen) atoms. The molecule has 1 aliphatic rings. The molecule has 4 rings (SSSR count). The number of aryl methyl sites for hydroxylation is 1. The number of H-pyrrole nitrogens is 1. The lowest BCUT2D eigenvalue weighted by molar-refractivity contribution is 0.0639. The minimum absolute atomic E-state index is 0.0175. The molecule has 3 heterocycles. The molecule has 3 aromatic rings. The molecule has 7 heteroatoms. The van der Waals surface area contributed by atoms with Gasteiger partial charge in [0, 0.05) is 34.9 Å². The lowest BCUT2D eigenvalue weighted by Crippen LogP contribution is -2.48. The van der Waals surface area contributed by atoms with Crippen molar-refractivity contribution >= 4 is 10.9 Å². The van der Waals surface area contributed by atoms with Gasteiger partial charge in [0.05, 0.1) is 11.6 Å². The average molecular weight is 419 g/mol. The van der Waals surface area contributed by atoms with E-state index in [1.54, 1.807) is 17.9 Å². The fourth-order valence-corrected chi connectivity index (χ4v) is 4.49. The smallest absolute Gasteiger partial charge is 0.221 e. The van der Waals surface area contributed by atoms with Crippen molar-refractivity contribution in [1.29, 1.82) is 0 Å². The predicted molar refractivity (Wildman–Crippen MR) is 109 cm³/mol. The number of fused-ring (bicyclic) bond motifs is 3. The van der Waals surface area contributed by atoms with Crippen LogP contribution in [0.25, 0.3) is 10.9 Å². The number of aromatic nitrogens is 2. The lowest BCUT2D eigenvalue weighted by atomic mass is 9.87. The third kappa shape index (κ3) is 3.60. The number of rotatable bonds is 4. The largest absolute Gasteiger partial charge is 0.356 e. The van der Waals surface area contributed by atoms with E-state index in [0.717, 1.165) is 10.9 Å². The Bertz CT molecular complexity index is 1080. The molecule has 1 aromatic carbocycles. The summed E-state index contributed by atoms with van der Waals surface area (Å²) in [5, 5.41) is 0.807. The number of alkyl halides is 1. The number of nitrogens with one attached hydrogen (secondary N) is 1. The van der Waals surface area contributed by atoms with Crippen LogP contribution in [-0.2, 0) is 12.8 Å².